The van der Waals surface area contributed by atoms with Crippen LogP contribution in [0.5, 0.6) is 0 Å². The van der Waals surface area contributed by atoms with E-state index in [9.17, 15) is 0 Å². The summed E-state index contributed by atoms with van der Waals surface area (Å²) in [7, 11) is 0. The van der Waals surface area contributed by atoms with Gasteiger partial charge in [0.15, 0.2) is 0 Å². The third-order valence-corrected chi connectivity index (χ3v) is 15.1. The van der Waals surface area contributed by atoms with Crippen LogP contribution in [0.4, 0.5) is 0 Å². The first-order chi connectivity index (χ1) is 32.2. The van der Waals surface area contributed by atoms with E-state index in [2.05, 4.69) is 245 Å². The van der Waals surface area contributed by atoms with Crippen molar-refractivity contribution < 1.29 is 0 Å². The van der Waals surface area contributed by atoms with Gasteiger partial charge in [-0.1, -0.05) is 235 Å². The summed E-state index contributed by atoms with van der Waals surface area (Å²) in [5.74, 6) is 0.936. The van der Waals surface area contributed by atoms with E-state index in [0.29, 0.717) is 5.41 Å². The van der Waals surface area contributed by atoms with Gasteiger partial charge in [0.1, 0.15) is 0 Å². The Morgan fingerprint density at radius 1 is 0.368 bits per heavy atom. The van der Waals surface area contributed by atoms with Crippen LogP contribution in [0.25, 0.3) is 64.6 Å². The van der Waals surface area contributed by atoms with Gasteiger partial charge in [0, 0.05) is 6.04 Å². The molecule has 2 fully saturated rings. The Bertz CT molecular complexity index is 3030. The van der Waals surface area contributed by atoms with E-state index in [1.54, 1.807) is 0 Å². The Balaban J connectivity index is 0.000000124. The van der Waals surface area contributed by atoms with E-state index in [1.165, 1.54) is 133 Å². The van der Waals surface area contributed by atoms with Crippen molar-refractivity contribution in [3.05, 3.63) is 168 Å². The van der Waals surface area contributed by atoms with E-state index in [-0.39, 0.29) is 16.2 Å². The maximum Gasteiger partial charge on any atom is 0.0119 e. The quantitative estimate of drug-likeness (QED) is 0.165. The first kappa shape index (κ1) is 49.2. The highest BCUT2D eigenvalue weighted by atomic mass is 15.2. The smallest absolute Gasteiger partial charge is 0.0119 e. The first-order valence-corrected chi connectivity index (χ1v) is 25.8. The van der Waals surface area contributed by atoms with E-state index < -0.39 is 0 Å². The van der Waals surface area contributed by atoms with Crippen molar-refractivity contribution in [2.75, 3.05) is 26.2 Å². The Hall–Kier alpha value is -5.28. The topological polar surface area (TPSA) is 15.3 Å². The molecule has 11 rings (SSSR count). The lowest BCUT2D eigenvalue weighted by molar-refractivity contribution is 0.0711. The number of nitrogens with zero attached hydrogens (tertiary/aromatic N) is 1. The monoisotopic (exact) mass is 901 g/mol. The molecule has 0 atom stereocenters. The number of hydrogen-bond acceptors (Lipinski definition) is 2. The van der Waals surface area contributed by atoms with Gasteiger partial charge >= 0.3 is 0 Å². The molecule has 0 spiro atoms. The van der Waals surface area contributed by atoms with Crippen LogP contribution in [0.15, 0.2) is 152 Å². The molecule has 9 aromatic rings. The predicted octanol–water partition coefficient (Wildman–Crippen LogP) is 17.8. The molecule has 2 aliphatic rings. The van der Waals surface area contributed by atoms with Crippen molar-refractivity contribution in [3.8, 4) is 0 Å². The zero-order valence-electron chi connectivity index (χ0n) is 43.7. The molecule has 9 aromatic carbocycles. The molecule has 68 heavy (non-hydrogen) atoms. The van der Waals surface area contributed by atoms with Gasteiger partial charge in [-0.2, -0.15) is 0 Å². The second-order valence-electron chi connectivity index (χ2n) is 24.2. The molecular formula is C66H80N2. The minimum Gasteiger partial charge on any atom is -0.317 e. The molecule has 1 N–H and O–H groups in total. The van der Waals surface area contributed by atoms with Gasteiger partial charge in [-0.05, 0) is 161 Å². The maximum absolute atomic E-state index is 3.46. The summed E-state index contributed by atoms with van der Waals surface area (Å²) in [4.78, 5) is 2.75. The van der Waals surface area contributed by atoms with Crippen molar-refractivity contribution in [1.82, 2.24) is 10.2 Å². The predicted molar refractivity (Wildman–Crippen MR) is 301 cm³/mol. The zero-order chi connectivity index (χ0) is 48.4. The molecule has 2 heterocycles. The molecule has 0 saturated carbocycles. The largest absolute Gasteiger partial charge is 0.317 e. The van der Waals surface area contributed by atoms with Crippen LogP contribution in [-0.2, 0) is 16.2 Å². The van der Waals surface area contributed by atoms with Crippen LogP contribution in [0.2, 0.25) is 0 Å². The fourth-order valence-electron chi connectivity index (χ4n) is 10.6. The third-order valence-electron chi connectivity index (χ3n) is 15.1. The van der Waals surface area contributed by atoms with E-state index in [1.807, 2.05) is 0 Å². The van der Waals surface area contributed by atoms with Crippen molar-refractivity contribution in [3.63, 3.8) is 0 Å². The van der Waals surface area contributed by atoms with Gasteiger partial charge in [-0.25, -0.2) is 0 Å². The van der Waals surface area contributed by atoms with Crippen LogP contribution in [0.1, 0.15) is 125 Å². The molecule has 0 aliphatic carbocycles. The van der Waals surface area contributed by atoms with Crippen LogP contribution in [0.3, 0.4) is 0 Å². The Kier molecular flexibility index (Phi) is 14.4. The molecule has 0 aromatic heterocycles. The summed E-state index contributed by atoms with van der Waals surface area (Å²) < 4.78 is 0. The van der Waals surface area contributed by atoms with Crippen LogP contribution >= 0.6 is 0 Å². The molecular weight excluding hydrogens is 821 g/mol. The summed E-state index contributed by atoms with van der Waals surface area (Å²) in [6, 6.07) is 56.2. The lowest BCUT2D eigenvalue weighted by Gasteiger charge is -2.43. The Morgan fingerprint density at radius 3 is 1.35 bits per heavy atom. The average Bonchev–Trinajstić information content (AvgIpc) is 3.32. The molecule has 354 valence electrons. The molecule has 0 amide bonds. The van der Waals surface area contributed by atoms with E-state index in [4.69, 9.17) is 0 Å². The van der Waals surface area contributed by atoms with E-state index in [0.717, 1.165) is 12.0 Å². The SMILES string of the molecule is CC(C)(C)C1CCN(C2CCNCC2)CC1.CC(C)(C)c1cc2ccc3cccc4ccc(c1)c2c34.CC(C)(C)c1ccc2c(ccc3ccccc32)c1.CC(C)(C)c1ccc2ccccc2c1. The molecule has 0 unspecified atom stereocenters. The minimum absolute atomic E-state index is 0.185. The minimum atomic E-state index is 0.185. The van der Waals surface area contributed by atoms with Gasteiger partial charge in [-0.3, -0.25) is 0 Å². The summed E-state index contributed by atoms with van der Waals surface area (Å²) >= 11 is 0. The normalized spacial score (nSPS) is 15.8. The fraction of sp³-hybridized carbons (Fsp3) is 0.394. The number of benzene rings is 9. The number of nitrogens with one attached hydrogen (secondary N) is 1. The molecule has 0 radical (unpaired) electrons. The van der Waals surface area contributed by atoms with E-state index >= 15 is 0 Å². The summed E-state index contributed by atoms with van der Waals surface area (Å²) in [5, 5.41) is 19.7. The number of fused-ring (bicyclic) bond motifs is 4. The van der Waals surface area contributed by atoms with Crippen LogP contribution in [-0.4, -0.2) is 37.1 Å². The van der Waals surface area contributed by atoms with Gasteiger partial charge in [0.05, 0.1) is 0 Å². The summed E-state index contributed by atoms with van der Waals surface area (Å²) in [5.41, 5.74) is 5.35. The van der Waals surface area contributed by atoms with Crippen molar-refractivity contribution in [1.29, 1.82) is 0 Å². The second kappa shape index (κ2) is 20.0. The number of rotatable bonds is 1. The van der Waals surface area contributed by atoms with Gasteiger partial charge in [-0.15, -0.1) is 0 Å². The third kappa shape index (κ3) is 11.4. The van der Waals surface area contributed by atoms with Crippen LogP contribution in [0, 0.1) is 11.3 Å². The number of piperidine rings is 2. The highest BCUT2D eigenvalue weighted by Gasteiger charge is 2.31. The molecule has 2 saturated heterocycles. The highest BCUT2D eigenvalue weighted by Crippen LogP contribution is 2.38. The van der Waals surface area contributed by atoms with Crippen molar-refractivity contribution in [2.45, 2.75) is 131 Å². The highest BCUT2D eigenvalue weighted by molar-refractivity contribution is 6.23. The first-order valence-electron chi connectivity index (χ1n) is 25.8. The van der Waals surface area contributed by atoms with Gasteiger partial charge < -0.3 is 10.2 Å². The fourth-order valence-corrected chi connectivity index (χ4v) is 10.6. The molecule has 2 nitrogen and oxygen atoms in total. The number of likely N-dealkylation sites (tertiary alicyclic amines) is 1. The standard InChI is InChI=1S/C20H18.C18H18.C14H28N2.C14H16/c1-20(2,3)17-11-15-9-7-13-5-4-6-14-8-10-16(12-17)19(15)18(13)14;1-18(2,3)15-10-11-17-14(12-15)9-8-13-6-4-5-7-16(13)17;1-14(2,3)12-6-10-16(11-7-12)13-4-8-15-9-5-13;1-14(2,3)13-9-8-11-6-4-5-7-12(11)10-13/h4-12H,1-3H3;4-12H,1-3H3;12-13,15H,4-11H2,1-3H3;4-10H,1-3H3. The molecule has 2 heteroatoms. The average molecular weight is 901 g/mol. The second-order valence-corrected chi connectivity index (χ2v) is 24.2. The zero-order valence-corrected chi connectivity index (χ0v) is 43.7. The van der Waals surface area contributed by atoms with Crippen molar-refractivity contribution in [2.24, 2.45) is 11.3 Å². The maximum atomic E-state index is 3.46. The summed E-state index contributed by atoms with van der Waals surface area (Å²) in [6.45, 7) is 32.7. The number of hydrogen-bond donors (Lipinski definition) is 1. The van der Waals surface area contributed by atoms with Crippen LogP contribution < -0.4 is 5.32 Å². The lowest BCUT2D eigenvalue weighted by atomic mass is 9.75. The molecule has 0 bridgehead atoms. The van der Waals surface area contributed by atoms with Crippen molar-refractivity contribution >= 4 is 64.6 Å². The Labute approximate surface area is 409 Å². The van der Waals surface area contributed by atoms with Gasteiger partial charge in [0.25, 0.3) is 0 Å². The lowest BCUT2D eigenvalue weighted by Crippen LogP contribution is -2.47. The summed E-state index contributed by atoms with van der Waals surface area (Å²) in [6.07, 6.45) is 5.54. The molecule has 2 aliphatic heterocycles. The van der Waals surface area contributed by atoms with Gasteiger partial charge in [0.2, 0.25) is 0 Å². The Morgan fingerprint density at radius 2 is 0.779 bits per heavy atom.